The van der Waals surface area contributed by atoms with Crippen molar-refractivity contribution in [1.29, 1.82) is 0 Å². The predicted octanol–water partition coefficient (Wildman–Crippen LogP) is 4.03. The molecule has 0 atom stereocenters. The zero-order chi connectivity index (χ0) is 21.0. The first-order chi connectivity index (χ1) is 13.8. The number of benzene rings is 3. The normalized spacial score (nSPS) is 11.0. The molecule has 9 heteroatoms. The van der Waals surface area contributed by atoms with Gasteiger partial charge in [0.15, 0.2) is 0 Å². The van der Waals surface area contributed by atoms with E-state index in [1.807, 2.05) is 0 Å². The molecule has 1 amide bonds. The van der Waals surface area contributed by atoms with Crippen molar-refractivity contribution >= 4 is 27.3 Å². The SMILES string of the molecule is COc1ccc(NS(=O)(=O)c2ccc(NC(=O)c3ccccc3F)c(F)c2)cc1. The van der Waals surface area contributed by atoms with Crippen molar-refractivity contribution < 1.29 is 26.7 Å². The Kier molecular flexibility index (Phi) is 5.79. The molecule has 0 bridgehead atoms. The third-order valence-corrected chi connectivity index (χ3v) is 5.34. The quantitative estimate of drug-likeness (QED) is 0.633. The van der Waals surface area contributed by atoms with Gasteiger partial charge in [-0.15, -0.1) is 0 Å². The maximum Gasteiger partial charge on any atom is 0.261 e. The van der Waals surface area contributed by atoms with E-state index in [0.717, 1.165) is 24.3 Å². The molecule has 0 fully saturated rings. The average molecular weight is 418 g/mol. The molecule has 0 saturated heterocycles. The van der Waals surface area contributed by atoms with Crippen LogP contribution >= 0.6 is 0 Å². The van der Waals surface area contributed by atoms with Gasteiger partial charge in [0.05, 0.1) is 23.3 Å². The van der Waals surface area contributed by atoms with Crippen LogP contribution in [0.15, 0.2) is 71.6 Å². The molecule has 0 spiro atoms. The van der Waals surface area contributed by atoms with Gasteiger partial charge in [-0.25, -0.2) is 17.2 Å². The van der Waals surface area contributed by atoms with Gasteiger partial charge in [0, 0.05) is 5.69 Å². The maximum atomic E-state index is 14.4. The Hall–Kier alpha value is -3.46. The number of carbonyl (C=O) groups is 1. The summed E-state index contributed by atoms with van der Waals surface area (Å²) in [4.78, 5) is 11.8. The highest BCUT2D eigenvalue weighted by Crippen LogP contribution is 2.23. The van der Waals surface area contributed by atoms with Crippen LogP contribution in [0.4, 0.5) is 20.2 Å². The number of hydrogen-bond acceptors (Lipinski definition) is 4. The van der Waals surface area contributed by atoms with Crippen LogP contribution in [0.5, 0.6) is 5.75 Å². The molecule has 0 radical (unpaired) electrons. The summed E-state index contributed by atoms with van der Waals surface area (Å²) in [5, 5.41) is 2.23. The number of methoxy groups -OCH3 is 1. The summed E-state index contributed by atoms with van der Waals surface area (Å²) in [6, 6.07) is 14.4. The summed E-state index contributed by atoms with van der Waals surface area (Å²) >= 11 is 0. The Morgan fingerprint density at radius 1 is 0.931 bits per heavy atom. The van der Waals surface area contributed by atoms with Crippen molar-refractivity contribution in [2.24, 2.45) is 0 Å². The molecule has 3 aromatic carbocycles. The number of rotatable bonds is 6. The number of halogens is 2. The number of nitrogens with one attached hydrogen (secondary N) is 2. The van der Waals surface area contributed by atoms with Gasteiger partial charge in [0.2, 0.25) is 0 Å². The lowest BCUT2D eigenvalue weighted by atomic mass is 10.2. The summed E-state index contributed by atoms with van der Waals surface area (Å²) in [6.45, 7) is 0. The molecule has 0 aliphatic carbocycles. The van der Waals surface area contributed by atoms with Crippen LogP contribution in [-0.4, -0.2) is 21.4 Å². The van der Waals surface area contributed by atoms with Gasteiger partial charge in [0.1, 0.15) is 17.4 Å². The number of anilines is 2. The number of ether oxygens (including phenoxy) is 1. The zero-order valence-corrected chi connectivity index (χ0v) is 16.0. The van der Waals surface area contributed by atoms with Crippen molar-refractivity contribution in [2.45, 2.75) is 4.90 Å². The van der Waals surface area contributed by atoms with Crippen LogP contribution in [0.1, 0.15) is 10.4 Å². The van der Waals surface area contributed by atoms with E-state index in [0.29, 0.717) is 5.75 Å². The lowest BCUT2D eigenvalue weighted by Gasteiger charge is -2.11. The highest BCUT2D eigenvalue weighted by molar-refractivity contribution is 7.92. The Balaban J connectivity index is 1.79. The zero-order valence-electron chi connectivity index (χ0n) is 15.1. The fraction of sp³-hybridized carbons (Fsp3) is 0.0500. The largest absolute Gasteiger partial charge is 0.497 e. The van der Waals surface area contributed by atoms with Crippen molar-refractivity contribution in [3.05, 3.63) is 83.9 Å². The minimum atomic E-state index is -4.06. The minimum absolute atomic E-state index is 0.259. The number of carbonyl (C=O) groups excluding carboxylic acids is 1. The van der Waals surface area contributed by atoms with Crippen molar-refractivity contribution in [3.8, 4) is 5.75 Å². The molecule has 2 N–H and O–H groups in total. The Morgan fingerprint density at radius 2 is 1.62 bits per heavy atom. The fourth-order valence-electron chi connectivity index (χ4n) is 2.47. The van der Waals surface area contributed by atoms with Crippen LogP contribution in [0, 0.1) is 11.6 Å². The number of hydrogen-bond donors (Lipinski definition) is 2. The second-order valence-corrected chi connectivity index (χ2v) is 7.59. The monoisotopic (exact) mass is 418 g/mol. The minimum Gasteiger partial charge on any atom is -0.497 e. The van der Waals surface area contributed by atoms with Gasteiger partial charge in [-0.2, -0.15) is 0 Å². The van der Waals surface area contributed by atoms with E-state index in [-0.39, 0.29) is 21.8 Å². The molecule has 3 rings (SSSR count). The Morgan fingerprint density at radius 3 is 2.24 bits per heavy atom. The third-order valence-electron chi connectivity index (χ3n) is 3.96. The Bertz CT molecular complexity index is 1150. The van der Waals surface area contributed by atoms with Gasteiger partial charge in [0.25, 0.3) is 15.9 Å². The van der Waals surface area contributed by atoms with Gasteiger partial charge in [-0.05, 0) is 54.6 Å². The molecule has 0 heterocycles. The predicted molar refractivity (Wildman–Crippen MR) is 105 cm³/mol. The van der Waals surface area contributed by atoms with E-state index >= 15 is 0 Å². The van der Waals surface area contributed by atoms with Crippen LogP contribution in [0.25, 0.3) is 0 Å². The van der Waals surface area contributed by atoms with Crippen LogP contribution in [-0.2, 0) is 10.0 Å². The second kappa shape index (κ2) is 8.27. The summed E-state index contributed by atoms with van der Waals surface area (Å²) in [6.07, 6.45) is 0. The first kappa shape index (κ1) is 20.3. The van der Waals surface area contributed by atoms with Crippen LogP contribution in [0.2, 0.25) is 0 Å². The molecule has 0 aliphatic heterocycles. The number of sulfonamides is 1. The molecular weight excluding hydrogens is 402 g/mol. The maximum absolute atomic E-state index is 14.4. The first-order valence-corrected chi connectivity index (χ1v) is 9.81. The molecule has 0 aromatic heterocycles. The number of amides is 1. The molecule has 0 saturated carbocycles. The summed E-state index contributed by atoms with van der Waals surface area (Å²) < 4.78 is 60.3. The van der Waals surface area contributed by atoms with Gasteiger partial charge >= 0.3 is 0 Å². The average Bonchev–Trinajstić information content (AvgIpc) is 2.70. The lowest BCUT2D eigenvalue weighted by Crippen LogP contribution is -2.16. The molecule has 29 heavy (non-hydrogen) atoms. The van der Waals surface area contributed by atoms with Crippen LogP contribution in [0.3, 0.4) is 0 Å². The van der Waals surface area contributed by atoms with Gasteiger partial charge < -0.3 is 10.1 Å². The Labute approximate surface area is 166 Å². The molecular formula is C20H16F2N2O4S. The summed E-state index contributed by atoms with van der Waals surface area (Å²) in [5.74, 6) is -2.04. The van der Waals surface area contributed by atoms with E-state index in [1.165, 1.54) is 37.4 Å². The topological polar surface area (TPSA) is 84.5 Å². The van der Waals surface area contributed by atoms with E-state index < -0.39 is 27.6 Å². The first-order valence-electron chi connectivity index (χ1n) is 8.32. The smallest absolute Gasteiger partial charge is 0.261 e. The highest BCUT2D eigenvalue weighted by Gasteiger charge is 2.18. The van der Waals surface area contributed by atoms with E-state index in [4.69, 9.17) is 4.74 Å². The molecule has 150 valence electrons. The second-order valence-electron chi connectivity index (χ2n) is 5.91. The van der Waals surface area contributed by atoms with Crippen molar-refractivity contribution in [1.82, 2.24) is 0 Å². The summed E-state index contributed by atoms with van der Waals surface area (Å²) in [5.41, 5.74) is -0.269. The van der Waals surface area contributed by atoms with E-state index in [9.17, 15) is 22.0 Å². The summed E-state index contributed by atoms with van der Waals surface area (Å²) in [7, 11) is -2.58. The van der Waals surface area contributed by atoms with Gasteiger partial charge in [-0.1, -0.05) is 12.1 Å². The van der Waals surface area contributed by atoms with E-state index in [2.05, 4.69) is 10.0 Å². The molecule has 3 aromatic rings. The molecule has 0 aliphatic rings. The third kappa shape index (κ3) is 4.69. The van der Waals surface area contributed by atoms with Crippen molar-refractivity contribution in [2.75, 3.05) is 17.1 Å². The van der Waals surface area contributed by atoms with Crippen LogP contribution < -0.4 is 14.8 Å². The molecule has 0 unspecified atom stereocenters. The standard InChI is InChI=1S/C20H16F2N2O4S/c1-28-14-8-6-13(7-9-14)24-29(26,27)15-10-11-19(18(22)12-15)23-20(25)16-4-2-3-5-17(16)21/h2-12,24H,1H3,(H,23,25). The van der Waals surface area contributed by atoms with E-state index in [1.54, 1.807) is 12.1 Å². The fourth-order valence-corrected chi connectivity index (χ4v) is 3.54. The van der Waals surface area contributed by atoms with Gasteiger partial charge in [-0.3, -0.25) is 9.52 Å². The highest BCUT2D eigenvalue weighted by atomic mass is 32.2. The van der Waals surface area contributed by atoms with Crippen molar-refractivity contribution in [3.63, 3.8) is 0 Å². The molecule has 6 nitrogen and oxygen atoms in total. The lowest BCUT2D eigenvalue weighted by molar-refractivity contribution is 0.102.